The second-order valence-corrected chi connectivity index (χ2v) is 13.4. The number of furan rings is 1. The summed E-state index contributed by atoms with van der Waals surface area (Å²) in [6.45, 7) is 0. The fourth-order valence-electron chi connectivity index (χ4n) is 7.88. The van der Waals surface area contributed by atoms with Gasteiger partial charge in [-0.3, -0.25) is 4.98 Å². The van der Waals surface area contributed by atoms with Crippen LogP contribution in [0.3, 0.4) is 0 Å². The second kappa shape index (κ2) is 11.7. The van der Waals surface area contributed by atoms with E-state index in [2.05, 4.69) is 127 Å². The summed E-state index contributed by atoms with van der Waals surface area (Å²) in [4.78, 5) is 20.6. The maximum absolute atomic E-state index is 6.33. The van der Waals surface area contributed by atoms with Gasteiger partial charge in [-0.1, -0.05) is 133 Å². The third-order valence-electron chi connectivity index (χ3n) is 10.3. The third kappa shape index (κ3) is 4.71. The van der Waals surface area contributed by atoms with Crippen LogP contribution in [-0.2, 0) is 0 Å². The molecule has 3 heterocycles. The Bertz CT molecular complexity index is 3240. The van der Waals surface area contributed by atoms with Gasteiger partial charge in [0.25, 0.3) is 0 Å². The van der Waals surface area contributed by atoms with Gasteiger partial charge in [-0.2, -0.15) is 0 Å². The summed E-state index contributed by atoms with van der Waals surface area (Å²) in [5.41, 5.74) is 7.64. The average Bonchev–Trinajstić information content (AvgIpc) is 3.62. The fraction of sp³-hybridized carbons (Fsp3) is 0. The Morgan fingerprint density at radius 2 is 1.00 bits per heavy atom. The average molecular weight is 677 g/mol. The van der Waals surface area contributed by atoms with Crippen molar-refractivity contribution in [1.82, 2.24) is 19.9 Å². The van der Waals surface area contributed by atoms with Crippen LogP contribution >= 0.6 is 0 Å². The molecule has 0 unspecified atom stereocenters. The molecule has 8 aromatic carbocycles. The molecule has 5 nitrogen and oxygen atoms in total. The van der Waals surface area contributed by atoms with E-state index in [9.17, 15) is 0 Å². The smallest absolute Gasteiger partial charge is 0.164 e. The van der Waals surface area contributed by atoms with E-state index in [4.69, 9.17) is 24.4 Å². The molecule has 0 aliphatic carbocycles. The molecule has 0 bridgehead atoms. The van der Waals surface area contributed by atoms with E-state index in [1.165, 1.54) is 0 Å². The van der Waals surface area contributed by atoms with Crippen LogP contribution in [-0.4, -0.2) is 19.9 Å². The van der Waals surface area contributed by atoms with E-state index in [-0.39, 0.29) is 0 Å². The van der Waals surface area contributed by atoms with Crippen molar-refractivity contribution in [2.24, 2.45) is 0 Å². The number of hydrogen-bond donors (Lipinski definition) is 0. The van der Waals surface area contributed by atoms with Crippen LogP contribution in [0.15, 0.2) is 174 Å². The number of pyridine rings is 1. The van der Waals surface area contributed by atoms with E-state index in [1.807, 2.05) is 42.6 Å². The van der Waals surface area contributed by atoms with Crippen molar-refractivity contribution in [2.75, 3.05) is 0 Å². The lowest BCUT2D eigenvalue weighted by Crippen LogP contribution is -2.01. The number of nitrogens with zero attached hydrogens (tertiary/aromatic N) is 4. The van der Waals surface area contributed by atoms with Crippen molar-refractivity contribution >= 4 is 65.2 Å². The molecule has 0 spiro atoms. The molecular weight excluding hydrogens is 649 g/mol. The number of benzene rings is 8. The Hall–Kier alpha value is -7.24. The Morgan fingerprint density at radius 3 is 1.85 bits per heavy atom. The largest absolute Gasteiger partial charge is 0.456 e. The molecule has 0 N–H and O–H groups in total. The maximum Gasteiger partial charge on any atom is 0.164 e. The molecule has 0 aliphatic heterocycles. The van der Waals surface area contributed by atoms with Crippen LogP contribution in [0.5, 0.6) is 0 Å². The topological polar surface area (TPSA) is 64.7 Å². The molecule has 11 rings (SSSR count). The Morgan fingerprint density at radius 1 is 0.358 bits per heavy atom. The SMILES string of the molecule is c1ccc(-c2nc(-c3cc(-c4cccc5oc6ccccc6c45)c4ccccc4c3)nc(-c3cc4c5ccccc5cnc4c4ccccc34)n2)cc1. The second-order valence-electron chi connectivity index (χ2n) is 13.4. The fourth-order valence-corrected chi connectivity index (χ4v) is 7.88. The highest BCUT2D eigenvalue weighted by molar-refractivity contribution is 6.19. The molecule has 5 heteroatoms. The normalized spacial score (nSPS) is 11.8. The van der Waals surface area contributed by atoms with Crippen LogP contribution < -0.4 is 0 Å². The predicted molar refractivity (Wildman–Crippen MR) is 217 cm³/mol. The first kappa shape index (κ1) is 29.5. The standard InChI is InChI=1S/C48H28N4O/c1-2-13-29(14-3-1)46-50-47(52-48(51-46)41-27-40-34-18-7-5-16-31(34)28-49-45(40)37-20-9-8-19-35(37)41)32-25-30-15-4-6-17-33(30)39(26-32)36-22-12-24-43-44(36)38-21-10-11-23-42(38)53-43/h1-28H. The minimum absolute atomic E-state index is 0.602. The number of hydrogen-bond acceptors (Lipinski definition) is 5. The van der Waals surface area contributed by atoms with Crippen molar-refractivity contribution in [2.45, 2.75) is 0 Å². The number of aromatic nitrogens is 4. The van der Waals surface area contributed by atoms with E-state index in [0.717, 1.165) is 93.0 Å². The first-order chi connectivity index (χ1) is 26.3. The van der Waals surface area contributed by atoms with Crippen molar-refractivity contribution in [3.05, 3.63) is 170 Å². The van der Waals surface area contributed by atoms with Crippen LogP contribution in [0.2, 0.25) is 0 Å². The molecule has 11 aromatic rings. The summed E-state index contributed by atoms with van der Waals surface area (Å²) in [7, 11) is 0. The van der Waals surface area contributed by atoms with Crippen LogP contribution in [0.25, 0.3) is 110 Å². The van der Waals surface area contributed by atoms with E-state index < -0.39 is 0 Å². The highest BCUT2D eigenvalue weighted by Crippen LogP contribution is 2.42. The van der Waals surface area contributed by atoms with E-state index >= 15 is 0 Å². The first-order valence-electron chi connectivity index (χ1n) is 17.7. The molecule has 0 fully saturated rings. The van der Waals surface area contributed by atoms with Gasteiger partial charge in [0.1, 0.15) is 11.2 Å². The molecule has 3 aromatic heterocycles. The number of para-hydroxylation sites is 1. The monoisotopic (exact) mass is 676 g/mol. The zero-order chi connectivity index (χ0) is 34.9. The van der Waals surface area contributed by atoms with Crippen LogP contribution in [0, 0.1) is 0 Å². The summed E-state index contributed by atoms with van der Waals surface area (Å²) in [6.07, 6.45) is 1.96. The van der Waals surface area contributed by atoms with Gasteiger partial charge in [0.05, 0.1) is 5.52 Å². The third-order valence-corrected chi connectivity index (χ3v) is 10.3. The van der Waals surface area contributed by atoms with Crippen molar-refractivity contribution in [3.8, 4) is 45.3 Å². The Balaban J connectivity index is 1.21. The molecule has 53 heavy (non-hydrogen) atoms. The molecule has 0 amide bonds. The van der Waals surface area contributed by atoms with E-state index in [1.54, 1.807) is 0 Å². The van der Waals surface area contributed by atoms with Gasteiger partial charge < -0.3 is 4.42 Å². The summed E-state index contributed by atoms with van der Waals surface area (Å²) < 4.78 is 6.33. The van der Waals surface area contributed by atoms with Gasteiger partial charge in [-0.15, -0.1) is 0 Å². The first-order valence-corrected chi connectivity index (χ1v) is 17.7. The minimum atomic E-state index is 0.602. The highest BCUT2D eigenvalue weighted by Gasteiger charge is 2.20. The van der Waals surface area contributed by atoms with Gasteiger partial charge >= 0.3 is 0 Å². The summed E-state index contributed by atoms with van der Waals surface area (Å²) in [5, 5.41) is 9.82. The molecular formula is C48H28N4O. The molecule has 246 valence electrons. The summed E-state index contributed by atoms with van der Waals surface area (Å²) in [6, 6.07) is 56.6. The molecule has 0 saturated heterocycles. The molecule has 0 radical (unpaired) electrons. The lowest BCUT2D eigenvalue weighted by molar-refractivity contribution is 0.669. The number of rotatable bonds is 4. The zero-order valence-electron chi connectivity index (χ0n) is 28.4. The van der Waals surface area contributed by atoms with Crippen LogP contribution in [0.4, 0.5) is 0 Å². The van der Waals surface area contributed by atoms with Gasteiger partial charge in [-0.25, -0.2) is 15.0 Å². The summed E-state index contributed by atoms with van der Waals surface area (Å²) in [5.74, 6) is 1.83. The predicted octanol–water partition coefficient (Wildman–Crippen LogP) is 12.4. The van der Waals surface area contributed by atoms with Crippen LogP contribution in [0.1, 0.15) is 0 Å². The lowest BCUT2D eigenvalue weighted by atomic mass is 9.92. The Kier molecular flexibility index (Phi) is 6.48. The minimum Gasteiger partial charge on any atom is -0.456 e. The highest BCUT2D eigenvalue weighted by atomic mass is 16.3. The Labute approximate surface area is 303 Å². The van der Waals surface area contributed by atoms with Crippen molar-refractivity contribution < 1.29 is 4.42 Å². The van der Waals surface area contributed by atoms with E-state index in [0.29, 0.717) is 17.5 Å². The lowest BCUT2D eigenvalue weighted by Gasteiger charge is -2.14. The molecule has 0 saturated carbocycles. The molecule has 0 aliphatic rings. The van der Waals surface area contributed by atoms with Gasteiger partial charge in [0.15, 0.2) is 17.5 Å². The summed E-state index contributed by atoms with van der Waals surface area (Å²) >= 11 is 0. The molecule has 0 atom stereocenters. The van der Waals surface area contributed by atoms with Crippen molar-refractivity contribution in [3.63, 3.8) is 0 Å². The maximum atomic E-state index is 6.33. The zero-order valence-corrected chi connectivity index (χ0v) is 28.4. The van der Waals surface area contributed by atoms with Gasteiger partial charge in [-0.05, 0) is 63.0 Å². The van der Waals surface area contributed by atoms with Crippen molar-refractivity contribution in [1.29, 1.82) is 0 Å². The number of fused-ring (bicyclic) bond motifs is 9. The quantitative estimate of drug-likeness (QED) is 0.174. The van der Waals surface area contributed by atoms with Gasteiger partial charge in [0.2, 0.25) is 0 Å². The van der Waals surface area contributed by atoms with Gasteiger partial charge in [0, 0.05) is 49.8 Å².